The third-order valence-electron chi connectivity index (χ3n) is 2.97. The Labute approximate surface area is 118 Å². The first kappa shape index (κ1) is 15.6. The van der Waals surface area contributed by atoms with Crippen molar-refractivity contribution in [1.29, 1.82) is 0 Å². The van der Waals surface area contributed by atoms with Crippen LogP contribution in [-0.4, -0.2) is 43.5 Å². The number of ether oxygens (including phenoxy) is 2. The summed E-state index contributed by atoms with van der Waals surface area (Å²) in [7, 11) is 0. The van der Waals surface area contributed by atoms with E-state index in [1.165, 1.54) is 6.07 Å². The highest BCUT2D eigenvalue weighted by Gasteiger charge is 2.35. The van der Waals surface area contributed by atoms with Gasteiger partial charge in [-0.3, -0.25) is 0 Å². The Kier molecular flexibility index (Phi) is 4.69. The Morgan fingerprint density at radius 1 is 1.38 bits per heavy atom. The summed E-state index contributed by atoms with van der Waals surface area (Å²) in [5.41, 5.74) is -1.67. The van der Waals surface area contributed by atoms with Gasteiger partial charge < -0.3 is 19.9 Å². The summed E-state index contributed by atoms with van der Waals surface area (Å²) in [6, 6.07) is 2.91. The number of alkyl halides is 3. The van der Waals surface area contributed by atoms with Gasteiger partial charge in [0, 0.05) is 12.2 Å². The maximum absolute atomic E-state index is 12.7. The highest BCUT2D eigenvalue weighted by atomic mass is 19.4. The first-order valence-electron chi connectivity index (χ1n) is 6.25. The third-order valence-corrected chi connectivity index (χ3v) is 2.97. The molecule has 5 nitrogen and oxygen atoms in total. The van der Waals surface area contributed by atoms with Crippen LogP contribution >= 0.6 is 0 Å². The van der Waals surface area contributed by atoms with Gasteiger partial charge in [-0.05, 0) is 18.2 Å². The molecule has 1 fully saturated rings. The predicted molar refractivity (Wildman–Crippen MR) is 67.5 cm³/mol. The molecule has 1 saturated heterocycles. The van der Waals surface area contributed by atoms with Crippen molar-refractivity contribution in [2.45, 2.75) is 12.3 Å². The molecule has 0 spiro atoms. The van der Waals surface area contributed by atoms with Crippen molar-refractivity contribution in [3.05, 3.63) is 29.3 Å². The topological polar surface area (TPSA) is 67.8 Å². The van der Waals surface area contributed by atoms with Crippen LogP contribution in [0.2, 0.25) is 0 Å². The van der Waals surface area contributed by atoms with Gasteiger partial charge in [0.15, 0.2) is 0 Å². The molecule has 1 aromatic carbocycles. The van der Waals surface area contributed by atoms with Gasteiger partial charge in [-0.15, -0.1) is 0 Å². The van der Waals surface area contributed by atoms with Gasteiger partial charge in [-0.25, -0.2) is 4.79 Å². The number of carboxylic acids is 1. The molecule has 1 unspecified atom stereocenters. The summed E-state index contributed by atoms with van der Waals surface area (Å²) < 4.78 is 48.7. The molecule has 116 valence electrons. The van der Waals surface area contributed by atoms with Crippen molar-refractivity contribution in [3.63, 3.8) is 0 Å². The van der Waals surface area contributed by atoms with Gasteiger partial charge in [-0.1, -0.05) is 0 Å². The average molecular weight is 305 g/mol. The number of carbonyl (C=O) groups is 1. The zero-order valence-electron chi connectivity index (χ0n) is 10.9. The second-order valence-electron chi connectivity index (χ2n) is 4.51. The lowest BCUT2D eigenvalue weighted by atomic mass is 10.1. The molecule has 0 bridgehead atoms. The molecule has 1 aliphatic heterocycles. The number of hydrogen-bond donors (Lipinski definition) is 2. The molecule has 1 heterocycles. The SMILES string of the molecule is O=C(O)c1cc(NCC2COCCO2)ccc1C(F)(F)F. The molecule has 0 aliphatic carbocycles. The number of aromatic carboxylic acids is 1. The minimum atomic E-state index is -4.70. The van der Waals surface area contributed by atoms with Crippen LogP contribution in [0.4, 0.5) is 18.9 Å². The second-order valence-corrected chi connectivity index (χ2v) is 4.51. The molecule has 8 heteroatoms. The summed E-state index contributed by atoms with van der Waals surface area (Å²) in [4.78, 5) is 11.0. The minimum absolute atomic E-state index is 0.214. The van der Waals surface area contributed by atoms with Crippen LogP contribution in [0.3, 0.4) is 0 Å². The van der Waals surface area contributed by atoms with Crippen LogP contribution in [0.1, 0.15) is 15.9 Å². The number of hydrogen-bond acceptors (Lipinski definition) is 4. The minimum Gasteiger partial charge on any atom is -0.478 e. The van der Waals surface area contributed by atoms with Crippen LogP contribution in [0, 0.1) is 0 Å². The number of nitrogens with one attached hydrogen (secondary N) is 1. The molecule has 21 heavy (non-hydrogen) atoms. The van der Waals surface area contributed by atoms with Crippen LogP contribution < -0.4 is 5.32 Å². The van der Waals surface area contributed by atoms with Gasteiger partial charge in [0.25, 0.3) is 0 Å². The molecule has 2 N–H and O–H groups in total. The fraction of sp³-hybridized carbons (Fsp3) is 0.462. The zero-order valence-corrected chi connectivity index (χ0v) is 10.9. The van der Waals surface area contributed by atoms with Crippen molar-refractivity contribution in [3.8, 4) is 0 Å². The van der Waals surface area contributed by atoms with Crippen molar-refractivity contribution >= 4 is 11.7 Å². The van der Waals surface area contributed by atoms with E-state index in [9.17, 15) is 18.0 Å². The molecule has 0 saturated carbocycles. The summed E-state index contributed by atoms with van der Waals surface area (Å²) in [6.45, 7) is 1.68. The molecular weight excluding hydrogens is 291 g/mol. The summed E-state index contributed by atoms with van der Waals surface area (Å²) in [5, 5.41) is 11.8. The molecule has 1 aromatic rings. The predicted octanol–water partition coefficient (Wildman–Crippen LogP) is 2.23. The van der Waals surface area contributed by atoms with E-state index in [1.54, 1.807) is 0 Å². The van der Waals surface area contributed by atoms with Crippen molar-refractivity contribution in [2.75, 3.05) is 31.7 Å². The first-order chi connectivity index (χ1) is 9.88. The number of benzene rings is 1. The number of halogens is 3. The van der Waals surface area contributed by atoms with E-state index in [0.29, 0.717) is 26.4 Å². The van der Waals surface area contributed by atoms with E-state index in [1.807, 2.05) is 0 Å². The molecule has 1 atom stereocenters. The van der Waals surface area contributed by atoms with E-state index in [0.717, 1.165) is 12.1 Å². The van der Waals surface area contributed by atoms with Gasteiger partial charge in [0.05, 0.1) is 37.1 Å². The normalized spacial score (nSPS) is 19.3. The van der Waals surface area contributed by atoms with Crippen LogP contribution in [0.25, 0.3) is 0 Å². The van der Waals surface area contributed by atoms with Gasteiger partial charge in [0.1, 0.15) is 0 Å². The van der Waals surface area contributed by atoms with E-state index in [2.05, 4.69) is 5.32 Å². The van der Waals surface area contributed by atoms with Crippen molar-refractivity contribution in [1.82, 2.24) is 0 Å². The Bertz CT molecular complexity index is 513. The van der Waals surface area contributed by atoms with Crippen LogP contribution in [0.15, 0.2) is 18.2 Å². The lowest BCUT2D eigenvalue weighted by Crippen LogP contribution is -2.34. The summed E-state index contributed by atoms with van der Waals surface area (Å²) >= 11 is 0. The highest BCUT2D eigenvalue weighted by Crippen LogP contribution is 2.33. The summed E-state index contributed by atoms with van der Waals surface area (Å²) in [6.07, 6.45) is -4.92. The average Bonchev–Trinajstić information content (AvgIpc) is 2.45. The molecule has 2 rings (SSSR count). The number of carboxylic acid groups (broad SMARTS) is 1. The summed E-state index contributed by atoms with van der Waals surface area (Å²) in [5.74, 6) is -1.62. The molecular formula is C13H14F3NO4. The van der Waals surface area contributed by atoms with Crippen LogP contribution in [0.5, 0.6) is 0 Å². The van der Waals surface area contributed by atoms with Crippen LogP contribution in [-0.2, 0) is 15.7 Å². The second kappa shape index (κ2) is 6.31. The zero-order chi connectivity index (χ0) is 15.5. The molecule has 0 amide bonds. The maximum atomic E-state index is 12.7. The Hall–Kier alpha value is -1.80. The lowest BCUT2D eigenvalue weighted by Gasteiger charge is -2.23. The molecule has 1 aliphatic rings. The van der Waals surface area contributed by atoms with Crippen molar-refractivity contribution < 1.29 is 32.5 Å². The van der Waals surface area contributed by atoms with E-state index in [-0.39, 0.29) is 11.8 Å². The van der Waals surface area contributed by atoms with E-state index in [4.69, 9.17) is 14.6 Å². The van der Waals surface area contributed by atoms with E-state index >= 15 is 0 Å². The maximum Gasteiger partial charge on any atom is 0.417 e. The van der Waals surface area contributed by atoms with E-state index < -0.39 is 23.3 Å². The van der Waals surface area contributed by atoms with Crippen molar-refractivity contribution in [2.24, 2.45) is 0 Å². The Morgan fingerprint density at radius 2 is 2.14 bits per heavy atom. The lowest BCUT2D eigenvalue weighted by molar-refractivity contribution is -0.138. The fourth-order valence-electron chi connectivity index (χ4n) is 1.96. The van der Waals surface area contributed by atoms with Gasteiger partial charge >= 0.3 is 12.1 Å². The Balaban J connectivity index is 2.10. The smallest absolute Gasteiger partial charge is 0.417 e. The van der Waals surface area contributed by atoms with Gasteiger partial charge in [-0.2, -0.15) is 13.2 Å². The number of rotatable bonds is 4. The fourth-order valence-corrected chi connectivity index (χ4v) is 1.96. The largest absolute Gasteiger partial charge is 0.478 e. The standard InChI is InChI=1S/C13H14F3NO4/c14-13(15,16)11-2-1-8(5-10(11)12(18)19)17-6-9-7-20-3-4-21-9/h1-2,5,9,17H,3-4,6-7H2,(H,18,19). The van der Waals surface area contributed by atoms with Gasteiger partial charge in [0.2, 0.25) is 0 Å². The first-order valence-corrected chi connectivity index (χ1v) is 6.25. The monoisotopic (exact) mass is 305 g/mol. The Morgan fingerprint density at radius 3 is 2.71 bits per heavy atom. The third kappa shape index (κ3) is 4.08. The number of anilines is 1. The quantitative estimate of drug-likeness (QED) is 0.893. The highest BCUT2D eigenvalue weighted by molar-refractivity contribution is 5.91. The molecule has 0 aromatic heterocycles. The molecule has 0 radical (unpaired) electrons.